The lowest BCUT2D eigenvalue weighted by atomic mass is 10.1. The Morgan fingerprint density at radius 3 is 1.87 bits per heavy atom. The van der Waals surface area contributed by atoms with E-state index in [0.29, 0.717) is 13.1 Å². The van der Waals surface area contributed by atoms with Crippen LogP contribution in [0.2, 0.25) is 0 Å². The number of ether oxygens (including phenoxy) is 1. The molecule has 0 aromatic heterocycles. The van der Waals surface area contributed by atoms with Crippen molar-refractivity contribution >= 4 is 0 Å². The molecule has 0 aliphatic carbocycles. The molecule has 92 valence electrons. The van der Waals surface area contributed by atoms with E-state index in [1.165, 1.54) is 0 Å². The summed E-state index contributed by atoms with van der Waals surface area (Å²) in [7, 11) is 0. The standard InChI is InChI=1S/C7H10F5NO.ClH/c8-6(9,10)7(11,12)14-5-1-3-13-4-2-5;/h5,13H,1-4H2;1H. The molecule has 1 fully saturated rings. The molecule has 2 N–H and O–H groups in total. The molecule has 0 radical (unpaired) electrons. The van der Waals surface area contributed by atoms with E-state index in [0.717, 1.165) is 0 Å². The molecular weight excluding hydrogens is 245 g/mol. The molecule has 0 aromatic rings. The lowest BCUT2D eigenvalue weighted by molar-refractivity contribution is -0.666. The molecular formula is C7H11ClF5NO. The van der Waals surface area contributed by atoms with Crippen molar-refractivity contribution in [1.82, 2.24) is 0 Å². The summed E-state index contributed by atoms with van der Waals surface area (Å²) in [5.41, 5.74) is 0. The molecule has 15 heavy (non-hydrogen) atoms. The van der Waals surface area contributed by atoms with Gasteiger partial charge in [-0.05, 0) is 0 Å². The lowest BCUT2D eigenvalue weighted by Crippen LogP contribution is -3.00. The minimum Gasteiger partial charge on any atom is -1.00 e. The third-order valence-corrected chi connectivity index (χ3v) is 2.03. The highest BCUT2D eigenvalue weighted by Crippen LogP contribution is 2.37. The number of piperidine rings is 1. The van der Waals surface area contributed by atoms with Gasteiger partial charge in [-0.25, -0.2) is 0 Å². The molecule has 0 unspecified atom stereocenters. The molecule has 0 amide bonds. The zero-order chi connectivity index (χ0) is 10.8. The Balaban J connectivity index is 0.00000196. The van der Waals surface area contributed by atoms with Gasteiger partial charge in [0, 0.05) is 12.8 Å². The maximum atomic E-state index is 12.4. The minimum atomic E-state index is -5.62. The second kappa shape index (κ2) is 5.27. The molecule has 1 rings (SSSR count). The first-order valence-corrected chi connectivity index (χ1v) is 4.27. The molecule has 2 nitrogen and oxygen atoms in total. The van der Waals surface area contributed by atoms with Crippen LogP contribution >= 0.6 is 0 Å². The van der Waals surface area contributed by atoms with Gasteiger partial charge in [0.05, 0.1) is 19.2 Å². The number of hydrogen-bond donors (Lipinski definition) is 1. The maximum absolute atomic E-state index is 12.4. The van der Waals surface area contributed by atoms with Crippen LogP contribution in [0.4, 0.5) is 22.0 Å². The molecule has 1 aliphatic rings. The summed E-state index contributed by atoms with van der Waals surface area (Å²) in [5, 5.41) is 1.85. The van der Waals surface area contributed by atoms with E-state index < -0.39 is 18.4 Å². The Bertz CT molecular complexity index is 192. The third-order valence-electron chi connectivity index (χ3n) is 2.03. The Kier molecular flexibility index (Phi) is 5.22. The van der Waals surface area contributed by atoms with E-state index in [1.54, 1.807) is 0 Å². The summed E-state index contributed by atoms with van der Waals surface area (Å²) in [6.07, 6.45) is -11.2. The van der Waals surface area contributed by atoms with Crippen molar-refractivity contribution in [3.63, 3.8) is 0 Å². The summed E-state index contributed by atoms with van der Waals surface area (Å²) in [6, 6.07) is 0. The first-order chi connectivity index (χ1) is 6.33. The highest BCUT2D eigenvalue weighted by atomic mass is 35.5. The predicted molar refractivity (Wildman–Crippen MR) is 36.8 cm³/mol. The van der Waals surface area contributed by atoms with E-state index in [-0.39, 0.29) is 25.2 Å². The van der Waals surface area contributed by atoms with Gasteiger partial charge in [0.2, 0.25) is 0 Å². The van der Waals surface area contributed by atoms with Crippen molar-refractivity contribution in [1.29, 1.82) is 0 Å². The zero-order valence-corrected chi connectivity index (χ0v) is 8.42. The topological polar surface area (TPSA) is 25.8 Å². The highest BCUT2D eigenvalue weighted by Gasteiger charge is 2.60. The molecule has 0 bridgehead atoms. The van der Waals surface area contributed by atoms with Crippen molar-refractivity contribution in [3.8, 4) is 0 Å². The molecule has 0 spiro atoms. The van der Waals surface area contributed by atoms with Gasteiger partial charge in [-0.1, -0.05) is 0 Å². The average molecular weight is 256 g/mol. The zero-order valence-electron chi connectivity index (χ0n) is 7.66. The first-order valence-electron chi connectivity index (χ1n) is 4.27. The molecule has 1 saturated heterocycles. The summed E-state index contributed by atoms with van der Waals surface area (Å²) < 4.78 is 63.6. The van der Waals surface area contributed by atoms with Gasteiger partial charge in [-0.3, -0.25) is 0 Å². The number of hydrogen-bond acceptors (Lipinski definition) is 1. The summed E-state index contributed by atoms with van der Waals surface area (Å²) >= 11 is 0. The van der Waals surface area contributed by atoms with Gasteiger partial charge < -0.3 is 22.5 Å². The third kappa shape index (κ3) is 4.08. The van der Waals surface area contributed by atoms with E-state index in [4.69, 9.17) is 0 Å². The molecule has 1 heterocycles. The van der Waals surface area contributed by atoms with Gasteiger partial charge >= 0.3 is 12.3 Å². The first kappa shape index (κ1) is 14.9. The Hall–Kier alpha value is -0.140. The summed E-state index contributed by atoms with van der Waals surface area (Å²) in [6.45, 7) is 1.05. The van der Waals surface area contributed by atoms with Gasteiger partial charge in [0.1, 0.15) is 0 Å². The predicted octanol–water partition coefficient (Wildman–Crippen LogP) is -2.11. The van der Waals surface area contributed by atoms with Gasteiger partial charge in [0.15, 0.2) is 0 Å². The Labute approximate surface area is 89.6 Å². The molecule has 0 atom stereocenters. The number of quaternary nitrogens is 1. The van der Waals surface area contributed by atoms with Crippen molar-refractivity contribution < 1.29 is 44.4 Å². The summed E-state index contributed by atoms with van der Waals surface area (Å²) in [4.78, 5) is 0. The van der Waals surface area contributed by atoms with E-state index in [2.05, 4.69) is 4.74 Å². The quantitative estimate of drug-likeness (QED) is 0.562. The summed E-state index contributed by atoms with van der Waals surface area (Å²) in [5.74, 6) is 0. The fraction of sp³-hybridized carbons (Fsp3) is 1.00. The van der Waals surface area contributed by atoms with Crippen LogP contribution in [0.15, 0.2) is 0 Å². The van der Waals surface area contributed by atoms with Crippen molar-refractivity contribution in [2.45, 2.75) is 31.2 Å². The molecule has 0 aromatic carbocycles. The monoisotopic (exact) mass is 255 g/mol. The fourth-order valence-corrected chi connectivity index (χ4v) is 1.29. The molecule has 0 saturated carbocycles. The second-order valence-electron chi connectivity index (χ2n) is 3.20. The van der Waals surface area contributed by atoms with Crippen LogP contribution in [-0.2, 0) is 4.74 Å². The number of halogens is 6. The van der Waals surface area contributed by atoms with Crippen LogP contribution in [0, 0.1) is 0 Å². The second-order valence-corrected chi connectivity index (χ2v) is 3.20. The van der Waals surface area contributed by atoms with E-state index in [9.17, 15) is 22.0 Å². The molecule has 8 heteroatoms. The van der Waals surface area contributed by atoms with Gasteiger partial charge in [-0.15, -0.1) is 0 Å². The maximum Gasteiger partial charge on any atom is 0.482 e. The van der Waals surface area contributed by atoms with Gasteiger partial charge in [0.25, 0.3) is 0 Å². The van der Waals surface area contributed by atoms with E-state index in [1.807, 2.05) is 5.32 Å². The Morgan fingerprint density at radius 2 is 1.47 bits per heavy atom. The molecule has 1 aliphatic heterocycles. The largest absolute Gasteiger partial charge is 1.00 e. The SMILES string of the molecule is FC(F)(F)C(F)(F)OC1CC[NH2+]CC1.[Cl-]. The fourth-order valence-electron chi connectivity index (χ4n) is 1.29. The number of rotatable bonds is 2. The Morgan fingerprint density at radius 1 is 1.00 bits per heavy atom. The van der Waals surface area contributed by atoms with Crippen molar-refractivity contribution in [3.05, 3.63) is 0 Å². The van der Waals surface area contributed by atoms with Crippen LogP contribution in [0.5, 0.6) is 0 Å². The smallest absolute Gasteiger partial charge is 0.482 e. The highest BCUT2D eigenvalue weighted by molar-refractivity contribution is 4.69. The minimum absolute atomic E-state index is 0. The van der Waals surface area contributed by atoms with E-state index >= 15 is 0 Å². The van der Waals surface area contributed by atoms with Crippen molar-refractivity contribution in [2.75, 3.05) is 13.1 Å². The van der Waals surface area contributed by atoms with Crippen LogP contribution in [-0.4, -0.2) is 31.5 Å². The van der Waals surface area contributed by atoms with Crippen LogP contribution in [0.1, 0.15) is 12.8 Å². The number of alkyl halides is 5. The average Bonchev–Trinajstić information content (AvgIpc) is 2.03. The van der Waals surface area contributed by atoms with Crippen LogP contribution in [0.3, 0.4) is 0 Å². The van der Waals surface area contributed by atoms with Gasteiger partial charge in [-0.2, -0.15) is 22.0 Å². The van der Waals surface area contributed by atoms with Crippen molar-refractivity contribution in [2.24, 2.45) is 0 Å². The van der Waals surface area contributed by atoms with Crippen LogP contribution < -0.4 is 17.7 Å². The normalized spacial score (nSPS) is 19.8. The lowest BCUT2D eigenvalue weighted by Gasteiger charge is -2.27. The van der Waals surface area contributed by atoms with Crippen LogP contribution in [0.25, 0.3) is 0 Å². The number of nitrogens with two attached hydrogens (primary N) is 1.